The van der Waals surface area contributed by atoms with E-state index in [9.17, 15) is 4.79 Å². The molecule has 28 heavy (non-hydrogen) atoms. The van der Waals surface area contributed by atoms with E-state index in [1.165, 1.54) is 11.3 Å². The number of nitrogens with zero attached hydrogens (tertiary/aromatic N) is 1. The van der Waals surface area contributed by atoms with Crippen molar-refractivity contribution in [2.24, 2.45) is 0 Å². The first kappa shape index (κ1) is 19.9. The minimum atomic E-state index is -0.362. The van der Waals surface area contributed by atoms with E-state index >= 15 is 0 Å². The summed E-state index contributed by atoms with van der Waals surface area (Å²) in [6.07, 6.45) is 0.980. The van der Waals surface area contributed by atoms with Crippen LogP contribution in [0.4, 0.5) is 0 Å². The third-order valence-electron chi connectivity index (χ3n) is 4.03. The molecule has 0 aliphatic heterocycles. The van der Waals surface area contributed by atoms with Gasteiger partial charge in [-0.15, -0.1) is 11.3 Å². The van der Waals surface area contributed by atoms with Gasteiger partial charge >= 0.3 is 5.97 Å². The van der Waals surface area contributed by atoms with Crippen LogP contribution in [-0.2, 0) is 22.6 Å². The summed E-state index contributed by atoms with van der Waals surface area (Å²) in [4.78, 5) is 17.6. The summed E-state index contributed by atoms with van der Waals surface area (Å²) >= 11 is 1.54. The Labute approximate surface area is 168 Å². The van der Waals surface area contributed by atoms with E-state index in [1.807, 2.05) is 42.6 Å². The van der Waals surface area contributed by atoms with Crippen LogP contribution in [0.15, 0.2) is 40.1 Å². The third-order valence-corrected chi connectivity index (χ3v) is 4.88. The number of methoxy groups -OCH3 is 1. The number of esters is 1. The fraction of sp³-hybridized carbons (Fsp3) is 0.333. The lowest BCUT2D eigenvalue weighted by Crippen LogP contribution is -2.09. The van der Waals surface area contributed by atoms with Gasteiger partial charge in [0, 0.05) is 0 Å². The molecule has 0 saturated carbocycles. The molecule has 0 atom stereocenters. The summed E-state index contributed by atoms with van der Waals surface area (Å²) in [5.74, 6) is 2.09. The quantitative estimate of drug-likeness (QED) is 0.480. The highest BCUT2D eigenvalue weighted by atomic mass is 32.1. The fourth-order valence-electron chi connectivity index (χ4n) is 2.58. The van der Waals surface area contributed by atoms with E-state index < -0.39 is 0 Å². The van der Waals surface area contributed by atoms with E-state index in [4.69, 9.17) is 18.6 Å². The zero-order chi connectivity index (χ0) is 19.9. The normalized spacial score (nSPS) is 10.7. The Morgan fingerprint density at radius 2 is 2.11 bits per heavy atom. The molecule has 0 unspecified atom stereocenters. The number of carbonyl (C=O) groups is 1. The van der Waals surface area contributed by atoms with Crippen LogP contribution in [0, 0.1) is 6.92 Å². The van der Waals surface area contributed by atoms with Gasteiger partial charge in [-0.1, -0.05) is 19.1 Å². The molecule has 0 N–H and O–H groups in total. The molecular formula is C21H23NO5S. The molecule has 1 aromatic carbocycles. The minimum absolute atomic E-state index is 0.0650. The zero-order valence-corrected chi connectivity index (χ0v) is 17.0. The molecule has 2 aromatic heterocycles. The Kier molecular flexibility index (Phi) is 6.71. The van der Waals surface area contributed by atoms with E-state index in [2.05, 4.69) is 4.98 Å². The molecule has 3 rings (SSSR count). The number of ether oxygens (including phenoxy) is 3. The number of aromatic nitrogens is 1. The maximum absolute atomic E-state index is 12.2. The second-order valence-corrected chi connectivity index (χ2v) is 7.12. The van der Waals surface area contributed by atoms with Gasteiger partial charge in [-0.2, -0.15) is 0 Å². The summed E-state index contributed by atoms with van der Waals surface area (Å²) in [5, 5.41) is 1.95. The lowest BCUT2D eigenvalue weighted by molar-refractivity contribution is -0.144. The van der Waals surface area contributed by atoms with Crippen molar-refractivity contribution in [3.05, 3.63) is 52.7 Å². The van der Waals surface area contributed by atoms with Gasteiger partial charge in [0.1, 0.15) is 12.4 Å². The van der Waals surface area contributed by atoms with Crippen molar-refractivity contribution in [3.63, 3.8) is 0 Å². The van der Waals surface area contributed by atoms with Crippen molar-refractivity contribution in [3.8, 4) is 22.3 Å². The summed E-state index contributed by atoms with van der Waals surface area (Å²) in [7, 11) is 1.59. The third kappa shape index (κ3) is 4.92. The number of thiophene rings is 1. The summed E-state index contributed by atoms with van der Waals surface area (Å²) < 4.78 is 22.0. The van der Waals surface area contributed by atoms with Crippen molar-refractivity contribution in [1.82, 2.24) is 4.98 Å². The van der Waals surface area contributed by atoms with Crippen LogP contribution in [0.3, 0.4) is 0 Å². The number of aryl methyl sites for hydroxylation is 1. The van der Waals surface area contributed by atoms with E-state index in [0.29, 0.717) is 35.5 Å². The topological polar surface area (TPSA) is 70.8 Å². The number of rotatable bonds is 9. The molecule has 6 nitrogen and oxygen atoms in total. The zero-order valence-electron chi connectivity index (χ0n) is 16.2. The van der Waals surface area contributed by atoms with Gasteiger partial charge in [0.15, 0.2) is 11.5 Å². The largest absolute Gasteiger partial charge is 0.493 e. The Morgan fingerprint density at radius 3 is 2.82 bits per heavy atom. The van der Waals surface area contributed by atoms with Gasteiger partial charge < -0.3 is 18.6 Å². The van der Waals surface area contributed by atoms with Crippen LogP contribution in [0.25, 0.3) is 10.8 Å². The summed E-state index contributed by atoms with van der Waals surface area (Å²) in [6, 6.07) is 9.36. The maximum atomic E-state index is 12.2. The van der Waals surface area contributed by atoms with Gasteiger partial charge in [-0.25, -0.2) is 4.98 Å². The van der Waals surface area contributed by atoms with Crippen molar-refractivity contribution < 1.29 is 23.4 Å². The monoisotopic (exact) mass is 401 g/mol. The van der Waals surface area contributed by atoms with Crippen molar-refractivity contribution >= 4 is 17.3 Å². The van der Waals surface area contributed by atoms with Gasteiger partial charge in [0.2, 0.25) is 5.89 Å². The minimum Gasteiger partial charge on any atom is -0.493 e. The highest BCUT2D eigenvalue weighted by Crippen LogP contribution is 2.29. The molecule has 0 spiro atoms. The Bertz CT molecular complexity index is 917. The lowest BCUT2D eigenvalue weighted by Gasteiger charge is -2.12. The molecule has 3 aromatic rings. The fourth-order valence-corrected chi connectivity index (χ4v) is 3.23. The molecule has 0 bridgehead atoms. The lowest BCUT2D eigenvalue weighted by atomic mass is 10.2. The molecular weight excluding hydrogens is 378 g/mol. The van der Waals surface area contributed by atoms with Crippen LogP contribution in [0.1, 0.15) is 30.4 Å². The molecule has 7 heteroatoms. The Morgan fingerprint density at radius 1 is 1.25 bits per heavy atom. The number of hydrogen-bond donors (Lipinski definition) is 0. The van der Waals surface area contributed by atoms with Gasteiger partial charge in [-0.05, 0) is 42.5 Å². The molecule has 0 aliphatic carbocycles. The number of oxazole rings is 1. The predicted molar refractivity (Wildman–Crippen MR) is 107 cm³/mol. The molecule has 0 fully saturated rings. The second kappa shape index (κ2) is 9.41. The first-order valence-corrected chi connectivity index (χ1v) is 9.94. The molecule has 2 heterocycles. The van der Waals surface area contributed by atoms with Crippen molar-refractivity contribution in [2.45, 2.75) is 33.3 Å². The average molecular weight is 401 g/mol. The van der Waals surface area contributed by atoms with Crippen molar-refractivity contribution in [2.75, 3.05) is 13.7 Å². The highest BCUT2D eigenvalue weighted by molar-refractivity contribution is 7.13. The van der Waals surface area contributed by atoms with E-state index in [1.54, 1.807) is 14.0 Å². The first-order chi connectivity index (χ1) is 13.6. The SMILES string of the molecule is CCCOc1ccc(COC(=O)Cc2nc(-c3cccs3)oc2C)cc1OC. The molecule has 0 radical (unpaired) electrons. The molecule has 0 aliphatic rings. The van der Waals surface area contributed by atoms with Crippen LogP contribution < -0.4 is 9.47 Å². The van der Waals surface area contributed by atoms with Crippen molar-refractivity contribution in [1.29, 1.82) is 0 Å². The Balaban J connectivity index is 1.59. The van der Waals surface area contributed by atoms with Crippen LogP contribution >= 0.6 is 11.3 Å². The number of hydrogen-bond acceptors (Lipinski definition) is 7. The van der Waals surface area contributed by atoms with Crippen LogP contribution in [0.5, 0.6) is 11.5 Å². The summed E-state index contributed by atoms with van der Waals surface area (Å²) in [5.41, 5.74) is 1.42. The van der Waals surface area contributed by atoms with E-state index in [-0.39, 0.29) is 19.0 Å². The predicted octanol–water partition coefficient (Wildman–Crippen LogP) is 4.79. The van der Waals surface area contributed by atoms with Gasteiger partial charge in [0.25, 0.3) is 0 Å². The number of benzene rings is 1. The number of carbonyl (C=O) groups excluding carboxylic acids is 1. The maximum Gasteiger partial charge on any atom is 0.312 e. The molecule has 0 amide bonds. The first-order valence-electron chi connectivity index (χ1n) is 9.06. The van der Waals surface area contributed by atoms with Gasteiger partial charge in [-0.3, -0.25) is 4.79 Å². The standard InChI is InChI=1S/C21H23NO5S/c1-4-9-25-17-8-7-15(11-18(17)24-3)13-26-20(23)12-16-14(2)27-21(22-16)19-6-5-10-28-19/h5-8,10-11H,4,9,12-13H2,1-3H3. The summed E-state index contributed by atoms with van der Waals surface area (Å²) in [6.45, 7) is 4.61. The average Bonchev–Trinajstić information content (AvgIpc) is 3.35. The van der Waals surface area contributed by atoms with Crippen LogP contribution in [0.2, 0.25) is 0 Å². The Hall–Kier alpha value is -2.80. The highest BCUT2D eigenvalue weighted by Gasteiger charge is 2.16. The molecule has 148 valence electrons. The van der Waals surface area contributed by atoms with E-state index in [0.717, 1.165) is 16.9 Å². The van der Waals surface area contributed by atoms with Crippen LogP contribution in [-0.4, -0.2) is 24.7 Å². The molecule has 0 saturated heterocycles. The van der Waals surface area contributed by atoms with Gasteiger partial charge in [0.05, 0.1) is 30.7 Å². The smallest absolute Gasteiger partial charge is 0.312 e. The second-order valence-electron chi connectivity index (χ2n) is 6.17.